The molecule has 0 aliphatic carbocycles. The number of nitrogens with one attached hydrogen (secondary N) is 1. The van der Waals surface area contributed by atoms with Gasteiger partial charge in [-0.25, -0.2) is 4.98 Å². The van der Waals surface area contributed by atoms with Gasteiger partial charge in [-0.15, -0.1) is 0 Å². The smallest absolute Gasteiger partial charge is 0.255 e. The first-order chi connectivity index (χ1) is 12.7. The first-order valence-corrected chi connectivity index (χ1v) is 8.89. The number of aliphatic hydroxyl groups is 1. The van der Waals surface area contributed by atoms with Gasteiger partial charge < -0.3 is 15.3 Å². The summed E-state index contributed by atoms with van der Waals surface area (Å²) in [5.41, 5.74) is 1.31. The Kier molecular flexibility index (Phi) is 4.54. The molecule has 2 heterocycles. The maximum Gasteiger partial charge on any atom is 0.255 e. The molecule has 0 unspecified atom stereocenters. The zero-order chi connectivity index (χ0) is 17.9. The second-order valence-corrected chi connectivity index (χ2v) is 6.61. The molecule has 2 N–H and O–H groups in total. The number of hydrogen-bond donors (Lipinski definition) is 2. The van der Waals surface area contributed by atoms with E-state index >= 15 is 0 Å². The largest absolute Gasteiger partial charge is 0.393 e. The highest BCUT2D eigenvalue weighted by Gasteiger charge is 2.21. The van der Waals surface area contributed by atoms with Gasteiger partial charge in [-0.05, 0) is 47.9 Å². The number of carbonyl (C=O) groups excluding carboxylic acids is 1. The highest BCUT2D eigenvalue weighted by molar-refractivity contribution is 6.07. The van der Waals surface area contributed by atoms with E-state index in [0.717, 1.165) is 29.7 Å². The quantitative estimate of drug-likeness (QED) is 0.762. The standard InChI is InChI=1S/C21H21N3O2/c25-18-9-12-24(13-10-18)20-19(6-3-11-22-20)23-21(26)17-8-7-15-4-1-2-5-16(15)14-17/h1-8,11,14,18,25H,9-10,12-13H2,(H,23,26). The second kappa shape index (κ2) is 7.14. The number of hydrogen-bond acceptors (Lipinski definition) is 4. The third-order valence-electron chi connectivity index (χ3n) is 4.81. The Hall–Kier alpha value is -2.92. The monoisotopic (exact) mass is 347 g/mol. The minimum atomic E-state index is -0.245. The normalized spacial score (nSPS) is 15.2. The lowest BCUT2D eigenvalue weighted by molar-refractivity contribution is 0.102. The topological polar surface area (TPSA) is 65.5 Å². The van der Waals surface area contributed by atoms with Gasteiger partial charge in [0.1, 0.15) is 0 Å². The predicted octanol–water partition coefficient (Wildman–Crippen LogP) is 3.45. The Balaban J connectivity index is 1.57. The van der Waals surface area contributed by atoms with Crippen molar-refractivity contribution in [1.82, 2.24) is 4.98 Å². The van der Waals surface area contributed by atoms with E-state index in [4.69, 9.17) is 0 Å². The van der Waals surface area contributed by atoms with Crippen LogP contribution in [0.2, 0.25) is 0 Å². The van der Waals surface area contributed by atoms with Gasteiger partial charge in [0.15, 0.2) is 5.82 Å². The van der Waals surface area contributed by atoms with Crippen LogP contribution in [-0.2, 0) is 0 Å². The predicted molar refractivity (Wildman–Crippen MR) is 104 cm³/mol. The van der Waals surface area contributed by atoms with Crippen molar-refractivity contribution in [2.24, 2.45) is 0 Å². The van der Waals surface area contributed by atoms with Crippen molar-refractivity contribution >= 4 is 28.2 Å². The molecule has 1 aliphatic rings. The molecule has 0 atom stereocenters. The number of pyridine rings is 1. The lowest BCUT2D eigenvalue weighted by Gasteiger charge is -2.31. The highest BCUT2D eigenvalue weighted by atomic mass is 16.3. The molecule has 132 valence electrons. The van der Waals surface area contributed by atoms with Crippen LogP contribution in [0.15, 0.2) is 60.8 Å². The molecule has 1 aromatic heterocycles. The van der Waals surface area contributed by atoms with E-state index in [1.807, 2.05) is 54.6 Å². The Morgan fingerprint density at radius 2 is 1.81 bits per heavy atom. The molecule has 1 fully saturated rings. The number of carbonyl (C=O) groups is 1. The van der Waals surface area contributed by atoms with Crippen LogP contribution in [0.3, 0.4) is 0 Å². The van der Waals surface area contributed by atoms with Gasteiger partial charge in [0.05, 0.1) is 11.8 Å². The summed E-state index contributed by atoms with van der Waals surface area (Å²) in [5.74, 6) is 0.607. The van der Waals surface area contributed by atoms with Crippen molar-refractivity contribution in [3.63, 3.8) is 0 Å². The summed E-state index contributed by atoms with van der Waals surface area (Å²) in [5, 5.41) is 14.8. The Morgan fingerprint density at radius 3 is 2.62 bits per heavy atom. The number of anilines is 2. The zero-order valence-electron chi connectivity index (χ0n) is 14.4. The summed E-state index contributed by atoms with van der Waals surface area (Å²) >= 11 is 0. The van der Waals surface area contributed by atoms with E-state index in [1.54, 1.807) is 6.20 Å². The van der Waals surface area contributed by atoms with Crippen molar-refractivity contribution in [1.29, 1.82) is 0 Å². The third kappa shape index (κ3) is 3.39. The molecular formula is C21H21N3O2. The molecule has 5 heteroatoms. The van der Waals surface area contributed by atoms with E-state index in [2.05, 4.69) is 15.2 Å². The maximum atomic E-state index is 12.7. The van der Waals surface area contributed by atoms with E-state index < -0.39 is 0 Å². The fraction of sp³-hybridized carbons (Fsp3) is 0.238. The lowest BCUT2D eigenvalue weighted by Crippen LogP contribution is -2.36. The number of benzene rings is 2. The molecule has 0 spiro atoms. The third-order valence-corrected chi connectivity index (χ3v) is 4.81. The van der Waals surface area contributed by atoms with E-state index in [-0.39, 0.29) is 12.0 Å². The lowest BCUT2D eigenvalue weighted by atomic mass is 10.1. The van der Waals surface area contributed by atoms with Crippen molar-refractivity contribution in [3.05, 3.63) is 66.4 Å². The SMILES string of the molecule is O=C(Nc1cccnc1N1CCC(O)CC1)c1ccc2ccccc2c1. The van der Waals surface area contributed by atoms with Gasteiger partial charge in [-0.2, -0.15) is 0 Å². The summed E-state index contributed by atoms with van der Waals surface area (Å²) < 4.78 is 0. The van der Waals surface area contributed by atoms with Gasteiger partial charge in [0.2, 0.25) is 0 Å². The van der Waals surface area contributed by atoms with Gasteiger partial charge in [0.25, 0.3) is 5.91 Å². The average Bonchev–Trinajstić information content (AvgIpc) is 2.69. The van der Waals surface area contributed by atoms with Gasteiger partial charge >= 0.3 is 0 Å². The Bertz CT molecular complexity index is 933. The molecule has 0 saturated carbocycles. The average molecular weight is 347 g/mol. The Morgan fingerprint density at radius 1 is 1.04 bits per heavy atom. The number of piperidine rings is 1. The molecule has 0 radical (unpaired) electrons. The summed E-state index contributed by atoms with van der Waals surface area (Å²) in [4.78, 5) is 19.3. The van der Waals surface area contributed by atoms with Crippen LogP contribution < -0.4 is 10.2 Å². The minimum Gasteiger partial charge on any atom is -0.393 e. The van der Waals surface area contributed by atoms with Gasteiger partial charge in [-0.3, -0.25) is 4.79 Å². The molecule has 4 rings (SSSR count). The zero-order valence-corrected chi connectivity index (χ0v) is 14.4. The summed E-state index contributed by atoms with van der Waals surface area (Å²) in [6.45, 7) is 1.47. The first kappa shape index (κ1) is 16.5. The number of aliphatic hydroxyl groups excluding tert-OH is 1. The number of aromatic nitrogens is 1. The number of nitrogens with zero attached hydrogens (tertiary/aromatic N) is 2. The first-order valence-electron chi connectivity index (χ1n) is 8.89. The maximum absolute atomic E-state index is 12.7. The molecule has 3 aromatic rings. The van der Waals surface area contributed by atoms with E-state index in [0.29, 0.717) is 24.1 Å². The molecule has 2 aromatic carbocycles. The molecule has 26 heavy (non-hydrogen) atoms. The molecule has 5 nitrogen and oxygen atoms in total. The molecule has 1 saturated heterocycles. The van der Waals surface area contributed by atoms with Crippen LogP contribution in [0, 0.1) is 0 Å². The van der Waals surface area contributed by atoms with Crippen LogP contribution in [0.5, 0.6) is 0 Å². The van der Waals surface area contributed by atoms with Crippen LogP contribution in [0.4, 0.5) is 11.5 Å². The molecular weight excluding hydrogens is 326 g/mol. The summed E-state index contributed by atoms with van der Waals surface area (Å²) in [6.07, 6.45) is 2.92. The van der Waals surface area contributed by atoms with Gasteiger partial charge in [0, 0.05) is 24.8 Å². The number of amides is 1. The molecule has 1 aliphatic heterocycles. The number of fused-ring (bicyclic) bond motifs is 1. The Labute approximate surface area is 152 Å². The minimum absolute atomic E-state index is 0.151. The van der Waals surface area contributed by atoms with Crippen LogP contribution in [-0.4, -0.2) is 35.2 Å². The van der Waals surface area contributed by atoms with Crippen molar-refractivity contribution in [3.8, 4) is 0 Å². The van der Waals surface area contributed by atoms with Crippen LogP contribution >= 0.6 is 0 Å². The summed E-state index contributed by atoms with van der Waals surface area (Å²) in [7, 11) is 0. The summed E-state index contributed by atoms with van der Waals surface area (Å²) in [6, 6.07) is 17.4. The molecule has 1 amide bonds. The van der Waals surface area contributed by atoms with E-state index in [9.17, 15) is 9.90 Å². The fourth-order valence-corrected chi connectivity index (χ4v) is 3.35. The van der Waals surface area contributed by atoms with Crippen molar-refractivity contribution < 1.29 is 9.90 Å². The van der Waals surface area contributed by atoms with E-state index in [1.165, 1.54) is 0 Å². The van der Waals surface area contributed by atoms with Gasteiger partial charge in [-0.1, -0.05) is 30.3 Å². The number of rotatable bonds is 3. The molecule has 0 bridgehead atoms. The van der Waals surface area contributed by atoms with Crippen LogP contribution in [0.1, 0.15) is 23.2 Å². The van der Waals surface area contributed by atoms with Crippen LogP contribution in [0.25, 0.3) is 10.8 Å². The highest BCUT2D eigenvalue weighted by Crippen LogP contribution is 2.26. The van der Waals surface area contributed by atoms with Crippen molar-refractivity contribution in [2.45, 2.75) is 18.9 Å². The second-order valence-electron chi connectivity index (χ2n) is 6.61. The van der Waals surface area contributed by atoms with Crippen molar-refractivity contribution in [2.75, 3.05) is 23.3 Å². The fourth-order valence-electron chi connectivity index (χ4n) is 3.35.